The standard InChI is InChI=1S/C24H32N2O4/c1-26(2)20(19-11-7-8-12-21(19)28-3)16-25-24(27)17-13-14-22(23(15-17)29-4)30-18-9-5-6-10-18/h7-8,11-15,18,20H,5-6,9-10,16H2,1-4H3,(H,25,27). The van der Waals surface area contributed by atoms with Gasteiger partial charge in [0.2, 0.25) is 0 Å². The number of nitrogens with one attached hydrogen (secondary N) is 1. The molecular formula is C24H32N2O4. The average molecular weight is 413 g/mol. The summed E-state index contributed by atoms with van der Waals surface area (Å²) in [6, 6.07) is 13.2. The molecule has 0 aliphatic heterocycles. The number of rotatable bonds is 9. The molecule has 6 nitrogen and oxygen atoms in total. The molecule has 1 aliphatic rings. The van der Waals surface area contributed by atoms with Crippen molar-refractivity contribution in [3.63, 3.8) is 0 Å². The summed E-state index contributed by atoms with van der Waals surface area (Å²) in [4.78, 5) is 14.9. The number of amides is 1. The Morgan fingerprint density at radius 3 is 2.40 bits per heavy atom. The van der Waals surface area contributed by atoms with E-state index in [1.54, 1.807) is 26.4 Å². The molecule has 1 fully saturated rings. The van der Waals surface area contributed by atoms with E-state index in [2.05, 4.69) is 10.2 Å². The summed E-state index contributed by atoms with van der Waals surface area (Å²) >= 11 is 0. The van der Waals surface area contributed by atoms with Crippen LogP contribution in [0.2, 0.25) is 0 Å². The summed E-state index contributed by atoms with van der Waals surface area (Å²) in [5.41, 5.74) is 1.58. The lowest BCUT2D eigenvalue weighted by atomic mass is 10.0. The van der Waals surface area contributed by atoms with E-state index in [0.29, 0.717) is 23.6 Å². The van der Waals surface area contributed by atoms with Gasteiger partial charge >= 0.3 is 0 Å². The van der Waals surface area contributed by atoms with E-state index in [1.807, 2.05) is 44.4 Å². The van der Waals surface area contributed by atoms with Gasteiger partial charge in [-0.3, -0.25) is 4.79 Å². The van der Waals surface area contributed by atoms with E-state index >= 15 is 0 Å². The van der Waals surface area contributed by atoms with Gasteiger partial charge in [0, 0.05) is 17.7 Å². The Hall–Kier alpha value is -2.73. The number of carbonyl (C=O) groups excluding carboxylic acids is 1. The second-order valence-electron chi connectivity index (χ2n) is 7.82. The van der Waals surface area contributed by atoms with Crippen LogP contribution in [0.4, 0.5) is 0 Å². The van der Waals surface area contributed by atoms with E-state index in [4.69, 9.17) is 14.2 Å². The molecule has 0 aromatic heterocycles. The minimum absolute atomic E-state index is 0.0167. The molecule has 1 atom stereocenters. The summed E-state index contributed by atoms with van der Waals surface area (Å²) in [7, 11) is 7.23. The van der Waals surface area contributed by atoms with Crippen LogP contribution in [0, 0.1) is 0 Å². The van der Waals surface area contributed by atoms with Gasteiger partial charge in [-0.25, -0.2) is 0 Å². The maximum atomic E-state index is 12.8. The zero-order chi connectivity index (χ0) is 21.5. The third-order valence-electron chi connectivity index (χ3n) is 5.60. The minimum atomic E-state index is -0.150. The first-order chi connectivity index (χ1) is 14.5. The Labute approximate surface area is 179 Å². The van der Waals surface area contributed by atoms with Gasteiger partial charge in [-0.2, -0.15) is 0 Å². The van der Waals surface area contributed by atoms with Crippen molar-refractivity contribution in [3.05, 3.63) is 53.6 Å². The Balaban J connectivity index is 1.69. The van der Waals surface area contributed by atoms with Crippen LogP contribution in [0.1, 0.15) is 47.6 Å². The van der Waals surface area contributed by atoms with Gasteiger partial charge in [-0.15, -0.1) is 0 Å². The normalized spacial score (nSPS) is 15.1. The molecule has 2 aromatic carbocycles. The molecule has 1 aliphatic carbocycles. The number of likely N-dealkylation sites (N-methyl/N-ethyl adjacent to an activating group) is 1. The molecule has 0 heterocycles. The zero-order valence-electron chi connectivity index (χ0n) is 18.3. The summed E-state index contributed by atoms with van der Waals surface area (Å²) in [5.74, 6) is 1.94. The highest BCUT2D eigenvalue weighted by molar-refractivity contribution is 5.94. The first kappa shape index (κ1) is 22.0. The monoisotopic (exact) mass is 412 g/mol. The lowest BCUT2D eigenvalue weighted by Gasteiger charge is -2.26. The number of benzene rings is 2. The van der Waals surface area contributed by atoms with Crippen molar-refractivity contribution in [2.45, 2.75) is 37.8 Å². The summed E-state index contributed by atoms with van der Waals surface area (Å²) in [6.45, 7) is 0.453. The SMILES string of the molecule is COc1cc(C(=O)NCC(c2ccccc2OC)N(C)C)ccc1OC1CCCC1. The Morgan fingerprint density at radius 2 is 1.73 bits per heavy atom. The predicted octanol–water partition coefficient (Wildman–Crippen LogP) is 4.06. The third-order valence-corrected chi connectivity index (χ3v) is 5.60. The first-order valence-corrected chi connectivity index (χ1v) is 10.5. The van der Waals surface area contributed by atoms with Crippen LogP contribution in [-0.2, 0) is 0 Å². The van der Waals surface area contributed by atoms with E-state index in [1.165, 1.54) is 12.8 Å². The summed E-state index contributed by atoms with van der Waals surface area (Å²) in [6.07, 6.45) is 4.78. The lowest BCUT2D eigenvalue weighted by molar-refractivity contribution is 0.0941. The van der Waals surface area contributed by atoms with E-state index in [9.17, 15) is 4.79 Å². The third kappa shape index (κ3) is 5.25. The molecule has 1 N–H and O–H groups in total. The predicted molar refractivity (Wildman–Crippen MR) is 118 cm³/mol. The number of para-hydroxylation sites is 1. The van der Waals surface area contributed by atoms with Crippen LogP contribution < -0.4 is 19.5 Å². The highest BCUT2D eigenvalue weighted by Crippen LogP contribution is 2.32. The number of nitrogens with zero attached hydrogens (tertiary/aromatic N) is 1. The second-order valence-corrected chi connectivity index (χ2v) is 7.82. The van der Waals surface area contributed by atoms with Crippen LogP contribution in [0.15, 0.2) is 42.5 Å². The van der Waals surface area contributed by atoms with Crippen LogP contribution >= 0.6 is 0 Å². The molecule has 6 heteroatoms. The van der Waals surface area contributed by atoms with Crippen molar-refractivity contribution in [2.24, 2.45) is 0 Å². The fourth-order valence-corrected chi connectivity index (χ4v) is 3.90. The van der Waals surface area contributed by atoms with E-state index in [0.717, 1.165) is 24.2 Å². The highest BCUT2D eigenvalue weighted by Gasteiger charge is 2.21. The molecule has 0 spiro atoms. The second kappa shape index (κ2) is 10.3. The van der Waals surface area contributed by atoms with Gasteiger partial charge in [-0.05, 0) is 64.0 Å². The van der Waals surface area contributed by atoms with Gasteiger partial charge in [0.25, 0.3) is 5.91 Å². The molecule has 0 radical (unpaired) electrons. The van der Waals surface area contributed by atoms with Crippen LogP contribution in [0.25, 0.3) is 0 Å². The zero-order valence-corrected chi connectivity index (χ0v) is 18.3. The number of ether oxygens (including phenoxy) is 3. The van der Waals surface area contributed by atoms with E-state index in [-0.39, 0.29) is 18.1 Å². The molecule has 2 aromatic rings. The van der Waals surface area contributed by atoms with Crippen LogP contribution in [-0.4, -0.2) is 51.8 Å². The molecule has 1 unspecified atom stereocenters. The molecule has 0 saturated heterocycles. The fourth-order valence-electron chi connectivity index (χ4n) is 3.90. The lowest BCUT2D eigenvalue weighted by Crippen LogP contribution is -2.34. The van der Waals surface area contributed by atoms with Gasteiger partial charge in [0.15, 0.2) is 11.5 Å². The Bertz CT molecular complexity index is 847. The van der Waals surface area contributed by atoms with Crippen molar-refractivity contribution in [1.29, 1.82) is 0 Å². The number of hydrogen-bond donors (Lipinski definition) is 1. The smallest absolute Gasteiger partial charge is 0.251 e. The van der Waals surface area contributed by atoms with Gasteiger partial charge < -0.3 is 24.4 Å². The van der Waals surface area contributed by atoms with Gasteiger partial charge in [-0.1, -0.05) is 18.2 Å². The molecule has 30 heavy (non-hydrogen) atoms. The maximum Gasteiger partial charge on any atom is 0.251 e. The Morgan fingerprint density at radius 1 is 1.03 bits per heavy atom. The molecule has 1 amide bonds. The van der Waals surface area contributed by atoms with Gasteiger partial charge in [0.05, 0.1) is 26.4 Å². The van der Waals surface area contributed by atoms with Crippen LogP contribution in [0.5, 0.6) is 17.2 Å². The maximum absolute atomic E-state index is 12.8. The van der Waals surface area contributed by atoms with Crippen molar-refractivity contribution >= 4 is 5.91 Å². The van der Waals surface area contributed by atoms with Crippen molar-refractivity contribution in [3.8, 4) is 17.2 Å². The minimum Gasteiger partial charge on any atom is -0.496 e. The summed E-state index contributed by atoms with van der Waals surface area (Å²) < 4.78 is 17.0. The number of methoxy groups -OCH3 is 2. The van der Waals surface area contributed by atoms with E-state index < -0.39 is 0 Å². The molecule has 1 saturated carbocycles. The summed E-state index contributed by atoms with van der Waals surface area (Å²) in [5, 5.41) is 3.04. The molecule has 3 rings (SSSR count). The average Bonchev–Trinajstić information content (AvgIpc) is 3.27. The van der Waals surface area contributed by atoms with Crippen LogP contribution in [0.3, 0.4) is 0 Å². The van der Waals surface area contributed by atoms with Gasteiger partial charge in [0.1, 0.15) is 5.75 Å². The Kier molecular flexibility index (Phi) is 7.57. The van der Waals surface area contributed by atoms with Crippen molar-refractivity contribution in [1.82, 2.24) is 10.2 Å². The van der Waals surface area contributed by atoms with Crippen molar-refractivity contribution in [2.75, 3.05) is 34.9 Å². The molecule has 0 bridgehead atoms. The number of carbonyl (C=O) groups is 1. The fraction of sp³-hybridized carbons (Fsp3) is 0.458. The molecular weight excluding hydrogens is 380 g/mol. The molecule has 162 valence electrons. The first-order valence-electron chi connectivity index (χ1n) is 10.5. The van der Waals surface area contributed by atoms with Crippen molar-refractivity contribution < 1.29 is 19.0 Å². The number of hydrogen-bond acceptors (Lipinski definition) is 5. The quantitative estimate of drug-likeness (QED) is 0.673. The highest BCUT2D eigenvalue weighted by atomic mass is 16.5. The topological polar surface area (TPSA) is 60.0 Å². The largest absolute Gasteiger partial charge is 0.496 e.